The highest BCUT2D eigenvalue weighted by molar-refractivity contribution is 5.88. The molecule has 0 aliphatic heterocycles. The van der Waals surface area contributed by atoms with Gasteiger partial charge in [-0.25, -0.2) is 14.4 Å². The van der Waals surface area contributed by atoms with E-state index in [2.05, 4.69) is 33.9 Å². The van der Waals surface area contributed by atoms with Gasteiger partial charge in [-0.2, -0.15) is 43.9 Å². The molecule has 0 amide bonds. The van der Waals surface area contributed by atoms with Gasteiger partial charge >= 0.3 is 47.5 Å². The van der Waals surface area contributed by atoms with Crippen LogP contribution in [0.25, 0.3) is 0 Å². The summed E-state index contributed by atoms with van der Waals surface area (Å²) in [6.45, 7) is 9.27. The largest absolute Gasteiger partial charge is 0.460 e. The average molecular weight is 604 g/mol. The monoisotopic (exact) mass is 604 g/mol. The Hall–Kier alpha value is -3.11. The fourth-order valence-corrected chi connectivity index (χ4v) is 2.53. The molecule has 0 bridgehead atoms. The van der Waals surface area contributed by atoms with Crippen molar-refractivity contribution < 1.29 is 77.6 Å². The molecule has 40 heavy (non-hydrogen) atoms. The molecule has 17 heteroatoms. The highest BCUT2D eigenvalue weighted by atomic mass is 19.4. The van der Waals surface area contributed by atoms with Crippen molar-refractivity contribution in [3.8, 4) is 0 Å². The van der Waals surface area contributed by atoms with Crippen molar-refractivity contribution in [3.05, 3.63) is 36.5 Å². The molecule has 0 saturated heterocycles. The number of ether oxygens (including phenoxy) is 3. The molecular weight excluding hydrogens is 578 g/mol. The van der Waals surface area contributed by atoms with Crippen molar-refractivity contribution in [2.24, 2.45) is 0 Å². The molecule has 0 radical (unpaired) electrons. The molecule has 2 atom stereocenters. The van der Waals surface area contributed by atoms with Crippen LogP contribution in [0.1, 0.15) is 33.6 Å². The van der Waals surface area contributed by atoms with Crippen LogP contribution < -0.4 is 0 Å². The molecule has 0 heterocycles. The number of hydrogen-bond acceptors (Lipinski definition) is 7. The number of carbonyl (C=O) groups is 3. The van der Waals surface area contributed by atoms with Crippen molar-refractivity contribution in [3.63, 3.8) is 0 Å². The van der Waals surface area contributed by atoms with E-state index < -0.39 is 91.4 Å². The zero-order valence-corrected chi connectivity index (χ0v) is 21.3. The second-order valence-corrected chi connectivity index (χ2v) is 8.76. The van der Waals surface area contributed by atoms with Gasteiger partial charge in [0, 0.05) is 23.1 Å². The van der Waals surface area contributed by atoms with Gasteiger partial charge in [-0.15, -0.1) is 0 Å². The van der Waals surface area contributed by atoms with Crippen molar-refractivity contribution >= 4 is 17.9 Å². The third-order valence-corrected chi connectivity index (χ3v) is 4.81. The van der Waals surface area contributed by atoms with Gasteiger partial charge in [0.25, 0.3) is 0 Å². The Morgan fingerprint density at radius 2 is 0.975 bits per heavy atom. The topological polar surface area (TPSA) is 99.1 Å². The highest BCUT2D eigenvalue weighted by Crippen LogP contribution is 2.58. The van der Waals surface area contributed by atoms with E-state index in [9.17, 15) is 63.4 Å². The molecule has 0 spiro atoms. The van der Waals surface area contributed by atoms with Crippen LogP contribution in [0.15, 0.2) is 36.5 Å². The van der Waals surface area contributed by atoms with Crippen LogP contribution in [0.5, 0.6) is 0 Å². The second-order valence-electron chi connectivity index (χ2n) is 8.76. The maximum absolute atomic E-state index is 14.5. The summed E-state index contributed by atoms with van der Waals surface area (Å²) in [5, 5.41) is 9.39. The lowest BCUT2D eigenvalue weighted by molar-refractivity contribution is -0.405. The SMILES string of the molecule is C=C(C)C(=O)OCC(O)CC(F)(F)C(F)(F)C(F)(F)C(F)(F)C(F)(F)CC(COC(=O)C(=C)C)OC(=O)C(=C)C. The van der Waals surface area contributed by atoms with Gasteiger partial charge in [-0.3, -0.25) is 0 Å². The van der Waals surface area contributed by atoms with Gasteiger partial charge in [0.05, 0.1) is 12.5 Å². The first-order valence-electron chi connectivity index (χ1n) is 10.8. The van der Waals surface area contributed by atoms with Crippen LogP contribution in [0.2, 0.25) is 0 Å². The predicted molar refractivity (Wildman–Crippen MR) is 116 cm³/mol. The van der Waals surface area contributed by atoms with Gasteiger partial charge in [0.1, 0.15) is 19.3 Å². The molecule has 0 aromatic carbocycles. The lowest BCUT2D eigenvalue weighted by atomic mass is 9.90. The Kier molecular flexibility index (Phi) is 12.0. The summed E-state index contributed by atoms with van der Waals surface area (Å²) in [5.41, 5.74) is -1.25. The zero-order chi connectivity index (χ0) is 32.1. The number of rotatable bonds is 16. The Bertz CT molecular complexity index is 1010. The fourth-order valence-electron chi connectivity index (χ4n) is 2.53. The summed E-state index contributed by atoms with van der Waals surface area (Å²) in [4.78, 5) is 34.3. The molecule has 7 nitrogen and oxygen atoms in total. The van der Waals surface area contributed by atoms with Gasteiger partial charge in [-0.1, -0.05) is 19.7 Å². The maximum Gasteiger partial charge on any atom is 0.384 e. The van der Waals surface area contributed by atoms with E-state index in [-0.39, 0.29) is 11.1 Å². The van der Waals surface area contributed by atoms with E-state index in [0.29, 0.717) is 0 Å². The molecule has 0 saturated carbocycles. The Morgan fingerprint density at radius 1 is 0.625 bits per heavy atom. The van der Waals surface area contributed by atoms with Crippen molar-refractivity contribution in [1.29, 1.82) is 0 Å². The molecule has 0 aromatic heterocycles. The van der Waals surface area contributed by atoms with Crippen molar-refractivity contribution in [2.75, 3.05) is 13.2 Å². The molecule has 0 aliphatic rings. The Balaban J connectivity index is 6.12. The van der Waals surface area contributed by atoms with Crippen LogP contribution >= 0.6 is 0 Å². The molecule has 230 valence electrons. The first-order valence-corrected chi connectivity index (χ1v) is 10.8. The van der Waals surface area contributed by atoms with Crippen molar-refractivity contribution in [1.82, 2.24) is 0 Å². The smallest absolute Gasteiger partial charge is 0.384 e. The molecular formula is C23H26F10O7. The van der Waals surface area contributed by atoms with Gasteiger partial charge < -0.3 is 19.3 Å². The quantitative estimate of drug-likeness (QED) is 0.114. The van der Waals surface area contributed by atoms with Crippen LogP contribution in [0.3, 0.4) is 0 Å². The lowest BCUT2D eigenvalue weighted by Gasteiger charge is -2.40. The van der Waals surface area contributed by atoms with E-state index in [1.165, 1.54) is 0 Å². The Morgan fingerprint density at radius 3 is 1.35 bits per heavy atom. The molecule has 0 rings (SSSR count). The van der Waals surface area contributed by atoms with Crippen molar-refractivity contribution in [2.45, 2.75) is 75.4 Å². The number of halogens is 10. The summed E-state index contributed by atoms with van der Waals surface area (Å²) in [6, 6.07) is 0. The summed E-state index contributed by atoms with van der Waals surface area (Å²) in [6.07, 6.45) is -10.9. The molecule has 0 aliphatic carbocycles. The maximum atomic E-state index is 14.5. The minimum atomic E-state index is -7.50. The van der Waals surface area contributed by atoms with Crippen LogP contribution in [-0.2, 0) is 28.6 Å². The summed E-state index contributed by atoms with van der Waals surface area (Å²) < 4.78 is 155. The van der Waals surface area contributed by atoms with Crippen LogP contribution in [0.4, 0.5) is 43.9 Å². The van der Waals surface area contributed by atoms with Gasteiger partial charge in [0.2, 0.25) is 0 Å². The lowest BCUT2D eigenvalue weighted by Crippen LogP contribution is -2.68. The Labute approximate surface area is 221 Å². The highest BCUT2D eigenvalue weighted by Gasteiger charge is 2.86. The minimum Gasteiger partial charge on any atom is -0.460 e. The van der Waals surface area contributed by atoms with E-state index in [1.54, 1.807) is 0 Å². The third kappa shape index (κ3) is 8.44. The fraction of sp³-hybridized carbons (Fsp3) is 0.609. The van der Waals surface area contributed by atoms with E-state index in [4.69, 9.17) is 0 Å². The minimum absolute atomic E-state index is 0.348. The normalized spacial score (nSPS) is 14.6. The standard InChI is InChI=1S/C23H26F10O7/c1-11(2)16(35)38-9-14(34)7-19(24,25)21(28,29)23(32,33)22(30,31)20(26,27)8-15(40-18(37)13(5)6)10-39-17(36)12(3)4/h14-15,34H,1,3,5,7-10H2,2,4,6H3. The summed E-state index contributed by atoms with van der Waals surface area (Å²) in [5.74, 6) is -38.8. The van der Waals surface area contributed by atoms with Crippen LogP contribution in [0, 0.1) is 0 Å². The number of aliphatic hydroxyl groups is 1. The number of esters is 3. The van der Waals surface area contributed by atoms with E-state index in [1.807, 2.05) is 0 Å². The second kappa shape index (κ2) is 13.0. The third-order valence-electron chi connectivity index (χ3n) is 4.81. The molecule has 1 N–H and O–H groups in total. The van der Waals surface area contributed by atoms with Gasteiger partial charge in [0.15, 0.2) is 0 Å². The number of alkyl halides is 10. The number of hydrogen-bond donors (Lipinski definition) is 1. The van der Waals surface area contributed by atoms with Crippen LogP contribution in [-0.4, -0.2) is 78.0 Å². The molecule has 2 unspecified atom stereocenters. The first-order chi connectivity index (χ1) is 17.7. The predicted octanol–water partition coefficient (Wildman–Crippen LogP) is 5.03. The number of aliphatic hydroxyl groups excluding tert-OH is 1. The molecule has 0 fully saturated rings. The first kappa shape index (κ1) is 36.9. The van der Waals surface area contributed by atoms with E-state index in [0.717, 1.165) is 20.8 Å². The van der Waals surface area contributed by atoms with Gasteiger partial charge in [-0.05, 0) is 20.8 Å². The summed E-state index contributed by atoms with van der Waals surface area (Å²) >= 11 is 0. The number of carbonyl (C=O) groups excluding carboxylic acids is 3. The molecule has 0 aromatic rings. The average Bonchev–Trinajstić information content (AvgIpc) is 2.79. The zero-order valence-electron chi connectivity index (χ0n) is 21.3. The van der Waals surface area contributed by atoms with E-state index >= 15 is 0 Å². The summed E-state index contributed by atoms with van der Waals surface area (Å²) in [7, 11) is 0.